The third kappa shape index (κ3) is 3.87. The van der Waals surface area contributed by atoms with Crippen LogP contribution in [0.4, 0.5) is 19.0 Å². The molecular weight excluding hydrogens is 239 g/mol. The maximum absolute atomic E-state index is 12.0. The van der Waals surface area contributed by atoms with Gasteiger partial charge in [-0.15, -0.1) is 0 Å². The number of nitrogen functional groups attached to an aromatic ring is 1. The van der Waals surface area contributed by atoms with E-state index >= 15 is 0 Å². The van der Waals surface area contributed by atoms with Crippen LogP contribution in [0.5, 0.6) is 0 Å². The number of hydrogen-bond donors (Lipinski definition) is 2. The minimum absolute atomic E-state index is 0.184. The number of hydrogen-bond acceptors (Lipinski definition) is 5. The summed E-state index contributed by atoms with van der Waals surface area (Å²) in [6.45, 7) is -1.34. The van der Waals surface area contributed by atoms with E-state index in [1.165, 1.54) is 0 Å². The lowest BCUT2D eigenvalue weighted by atomic mass is 10.4. The van der Waals surface area contributed by atoms with Gasteiger partial charge in [0.15, 0.2) is 5.82 Å². The summed E-state index contributed by atoms with van der Waals surface area (Å²) in [5.74, 6) is 4.37. The number of alkyl halides is 3. The molecule has 17 heavy (non-hydrogen) atoms. The number of halogens is 3. The van der Waals surface area contributed by atoms with Gasteiger partial charge in [-0.25, -0.2) is 15.8 Å². The van der Waals surface area contributed by atoms with Crippen LogP contribution in [0.2, 0.25) is 0 Å². The van der Waals surface area contributed by atoms with Crippen LogP contribution in [0.25, 0.3) is 0 Å². The van der Waals surface area contributed by atoms with Crippen LogP contribution >= 0.6 is 0 Å². The number of carbonyl (C=O) groups is 1. The highest BCUT2D eigenvalue weighted by Crippen LogP contribution is 2.16. The van der Waals surface area contributed by atoms with Crippen molar-refractivity contribution in [3.05, 3.63) is 18.1 Å². The van der Waals surface area contributed by atoms with E-state index in [1.54, 1.807) is 0 Å². The predicted molar refractivity (Wildman–Crippen MR) is 52.9 cm³/mol. The number of anilines is 1. The highest BCUT2D eigenvalue weighted by Gasteiger charge is 2.31. The molecule has 0 unspecified atom stereocenters. The van der Waals surface area contributed by atoms with Crippen molar-refractivity contribution >= 4 is 11.7 Å². The summed E-state index contributed by atoms with van der Waals surface area (Å²) >= 11 is 0. The van der Waals surface area contributed by atoms with Crippen molar-refractivity contribution < 1.29 is 18.0 Å². The topological polar surface area (TPSA) is 84.1 Å². The van der Waals surface area contributed by atoms with Crippen molar-refractivity contribution in [2.24, 2.45) is 5.84 Å². The Morgan fingerprint density at radius 3 is 2.53 bits per heavy atom. The van der Waals surface area contributed by atoms with Gasteiger partial charge >= 0.3 is 6.18 Å². The van der Waals surface area contributed by atoms with Crippen molar-refractivity contribution in [2.75, 3.05) is 19.0 Å². The molecule has 0 bridgehead atoms. The molecule has 3 N–H and O–H groups in total. The van der Waals surface area contributed by atoms with Crippen LogP contribution in [0.3, 0.4) is 0 Å². The Bertz CT molecular complexity index is 391. The second-order valence-corrected chi connectivity index (χ2v) is 3.21. The summed E-state index contributed by atoms with van der Waals surface area (Å²) in [4.78, 5) is 19.3. The highest BCUT2D eigenvalue weighted by atomic mass is 19.4. The van der Waals surface area contributed by atoms with Crippen molar-refractivity contribution in [1.29, 1.82) is 0 Å². The smallest absolute Gasteiger partial charge is 0.331 e. The van der Waals surface area contributed by atoms with Gasteiger partial charge in [-0.3, -0.25) is 4.79 Å². The zero-order chi connectivity index (χ0) is 13.1. The predicted octanol–water partition coefficient (Wildman–Crippen LogP) is 0.397. The molecular formula is C8H10F3N5O. The summed E-state index contributed by atoms with van der Waals surface area (Å²) in [7, 11) is 1.03. The Kier molecular flexibility index (Phi) is 3.84. The van der Waals surface area contributed by atoms with Gasteiger partial charge in [-0.1, -0.05) is 0 Å². The maximum Gasteiger partial charge on any atom is 0.406 e. The molecule has 1 heterocycles. The Balaban J connectivity index is 2.75. The third-order valence-corrected chi connectivity index (χ3v) is 1.78. The minimum atomic E-state index is -4.45. The van der Waals surface area contributed by atoms with Gasteiger partial charge in [0.1, 0.15) is 12.2 Å². The number of aromatic nitrogens is 2. The highest BCUT2D eigenvalue weighted by molar-refractivity contribution is 5.91. The SMILES string of the molecule is CN(CC(F)(F)F)C(=O)c1cnc(NN)cn1. The first-order chi connectivity index (χ1) is 7.83. The van der Waals surface area contributed by atoms with Crippen molar-refractivity contribution in [3.63, 3.8) is 0 Å². The van der Waals surface area contributed by atoms with Crippen molar-refractivity contribution in [2.45, 2.75) is 6.18 Å². The third-order valence-electron chi connectivity index (χ3n) is 1.78. The van der Waals surface area contributed by atoms with Gasteiger partial charge in [-0.2, -0.15) is 13.2 Å². The van der Waals surface area contributed by atoms with Crippen LogP contribution in [0.1, 0.15) is 10.5 Å². The molecule has 6 nitrogen and oxygen atoms in total. The molecule has 0 aliphatic rings. The van der Waals surface area contributed by atoms with Gasteiger partial charge in [0, 0.05) is 7.05 Å². The number of hydrazine groups is 1. The van der Waals surface area contributed by atoms with Crippen LogP contribution in [0.15, 0.2) is 12.4 Å². The number of rotatable bonds is 3. The van der Waals surface area contributed by atoms with Gasteiger partial charge in [-0.05, 0) is 0 Å². The van der Waals surface area contributed by atoms with Gasteiger partial charge < -0.3 is 10.3 Å². The van der Waals surface area contributed by atoms with E-state index < -0.39 is 18.6 Å². The summed E-state index contributed by atoms with van der Waals surface area (Å²) in [5, 5.41) is 0. The molecule has 0 fully saturated rings. The standard InChI is InChI=1S/C8H10F3N5O/c1-16(4-8(9,10)11)7(17)5-2-14-6(15-12)3-13-5/h2-3H,4,12H2,1H3,(H,14,15). The van der Waals surface area contributed by atoms with Crippen LogP contribution in [-0.4, -0.2) is 40.5 Å². The lowest BCUT2D eigenvalue weighted by Gasteiger charge is -2.18. The molecule has 9 heteroatoms. The Morgan fingerprint density at radius 1 is 1.47 bits per heavy atom. The first-order valence-corrected chi connectivity index (χ1v) is 4.44. The van der Waals surface area contributed by atoms with Crippen LogP contribution < -0.4 is 11.3 Å². The molecule has 0 saturated carbocycles. The lowest BCUT2D eigenvalue weighted by Crippen LogP contribution is -2.36. The summed E-state index contributed by atoms with van der Waals surface area (Å²) < 4.78 is 36.1. The zero-order valence-corrected chi connectivity index (χ0v) is 8.82. The Hall–Kier alpha value is -1.90. The number of nitrogens with one attached hydrogen (secondary N) is 1. The molecule has 0 aliphatic heterocycles. The first kappa shape index (κ1) is 13.2. The van der Waals surface area contributed by atoms with E-state index in [0.29, 0.717) is 4.90 Å². The minimum Gasteiger partial charge on any atom is -0.331 e. The molecule has 1 aromatic rings. The number of amides is 1. The fourth-order valence-corrected chi connectivity index (χ4v) is 1.05. The molecule has 0 aliphatic carbocycles. The molecule has 0 aromatic carbocycles. The molecule has 0 atom stereocenters. The lowest BCUT2D eigenvalue weighted by molar-refractivity contribution is -0.138. The van der Waals surface area contributed by atoms with E-state index in [0.717, 1.165) is 19.4 Å². The van der Waals surface area contributed by atoms with E-state index in [9.17, 15) is 18.0 Å². The molecule has 1 aromatic heterocycles. The van der Waals surface area contributed by atoms with Crippen LogP contribution in [0, 0.1) is 0 Å². The molecule has 0 radical (unpaired) electrons. The molecule has 94 valence electrons. The van der Waals surface area contributed by atoms with E-state index in [1.807, 2.05) is 0 Å². The maximum atomic E-state index is 12.0. The number of nitrogens with two attached hydrogens (primary N) is 1. The van der Waals surface area contributed by atoms with Crippen molar-refractivity contribution in [3.8, 4) is 0 Å². The summed E-state index contributed by atoms with van der Waals surface area (Å²) in [5.41, 5.74) is 2.00. The second kappa shape index (κ2) is 4.95. The first-order valence-electron chi connectivity index (χ1n) is 4.44. The van der Waals surface area contributed by atoms with E-state index in [2.05, 4.69) is 15.4 Å². The normalized spacial score (nSPS) is 11.1. The molecule has 1 rings (SSSR count). The number of nitrogens with zero attached hydrogens (tertiary/aromatic N) is 3. The van der Waals surface area contributed by atoms with Gasteiger partial charge in [0.25, 0.3) is 5.91 Å². The van der Waals surface area contributed by atoms with Gasteiger partial charge in [0.2, 0.25) is 0 Å². The molecule has 0 spiro atoms. The largest absolute Gasteiger partial charge is 0.406 e. The summed E-state index contributed by atoms with van der Waals surface area (Å²) in [6.07, 6.45) is -2.25. The Labute approximate surface area is 94.6 Å². The van der Waals surface area contributed by atoms with E-state index in [4.69, 9.17) is 5.84 Å². The molecule has 0 saturated heterocycles. The van der Waals surface area contributed by atoms with Gasteiger partial charge in [0.05, 0.1) is 12.4 Å². The number of carbonyl (C=O) groups excluding carboxylic acids is 1. The Morgan fingerprint density at radius 2 is 2.12 bits per heavy atom. The second-order valence-electron chi connectivity index (χ2n) is 3.21. The fraction of sp³-hybridized carbons (Fsp3) is 0.375. The zero-order valence-electron chi connectivity index (χ0n) is 8.82. The average Bonchev–Trinajstić information content (AvgIpc) is 2.26. The molecule has 1 amide bonds. The van der Waals surface area contributed by atoms with Crippen LogP contribution in [-0.2, 0) is 0 Å². The monoisotopic (exact) mass is 249 g/mol. The fourth-order valence-electron chi connectivity index (χ4n) is 1.05. The average molecular weight is 249 g/mol. The quantitative estimate of drug-likeness (QED) is 0.598. The van der Waals surface area contributed by atoms with Crippen molar-refractivity contribution in [1.82, 2.24) is 14.9 Å². The summed E-state index contributed by atoms with van der Waals surface area (Å²) in [6, 6.07) is 0. The van der Waals surface area contributed by atoms with E-state index in [-0.39, 0.29) is 11.5 Å².